The predicted molar refractivity (Wildman–Crippen MR) is 118 cm³/mol. The number of fused-ring (bicyclic) bond motifs is 2. The van der Waals surface area contributed by atoms with Gasteiger partial charge < -0.3 is 10.2 Å². The Balaban J connectivity index is 1.26. The van der Waals surface area contributed by atoms with E-state index < -0.39 is 0 Å². The molecule has 0 bridgehead atoms. The van der Waals surface area contributed by atoms with Gasteiger partial charge in [0.25, 0.3) is 5.91 Å². The van der Waals surface area contributed by atoms with Gasteiger partial charge >= 0.3 is 0 Å². The Bertz CT molecular complexity index is 1010. The van der Waals surface area contributed by atoms with Crippen LogP contribution in [0.15, 0.2) is 60.8 Å². The molecule has 29 heavy (non-hydrogen) atoms. The van der Waals surface area contributed by atoms with Gasteiger partial charge in [-0.05, 0) is 61.1 Å². The third-order valence-electron chi connectivity index (χ3n) is 6.63. The van der Waals surface area contributed by atoms with Crippen molar-refractivity contribution in [1.29, 1.82) is 0 Å². The van der Waals surface area contributed by atoms with E-state index in [-0.39, 0.29) is 5.91 Å². The van der Waals surface area contributed by atoms with E-state index in [1.54, 1.807) is 6.20 Å². The van der Waals surface area contributed by atoms with E-state index >= 15 is 0 Å². The number of aromatic nitrogens is 1. The van der Waals surface area contributed by atoms with Crippen LogP contribution in [0.3, 0.4) is 0 Å². The second-order valence-corrected chi connectivity index (χ2v) is 8.46. The number of amides is 1. The Kier molecular flexibility index (Phi) is 4.92. The maximum Gasteiger partial charge on any atom is 0.255 e. The molecule has 5 rings (SSSR count). The van der Waals surface area contributed by atoms with Crippen LogP contribution in [-0.2, 0) is 0 Å². The monoisotopic (exact) mass is 385 g/mol. The first-order valence-corrected chi connectivity index (χ1v) is 10.8. The highest BCUT2D eigenvalue weighted by Gasteiger charge is 2.31. The summed E-state index contributed by atoms with van der Waals surface area (Å²) in [4.78, 5) is 19.6. The van der Waals surface area contributed by atoms with Gasteiger partial charge in [0.1, 0.15) is 0 Å². The summed E-state index contributed by atoms with van der Waals surface area (Å²) in [6, 6.07) is 17.9. The SMILES string of the molecule is O=C(Nc1cnc2ccccc2c1)c1ccc(N2CCC3CCCCC3C2)cc1. The molecule has 1 saturated carbocycles. The molecule has 2 unspecified atom stereocenters. The summed E-state index contributed by atoms with van der Waals surface area (Å²) in [5, 5.41) is 3.99. The first kappa shape index (κ1) is 18.2. The first-order valence-electron chi connectivity index (χ1n) is 10.8. The van der Waals surface area contributed by atoms with E-state index in [1.807, 2.05) is 42.5 Å². The Morgan fingerprint density at radius 3 is 2.62 bits per heavy atom. The van der Waals surface area contributed by atoms with Crippen LogP contribution in [0.2, 0.25) is 0 Å². The number of hydrogen-bond acceptors (Lipinski definition) is 3. The third kappa shape index (κ3) is 3.84. The molecule has 1 saturated heterocycles. The molecule has 2 aromatic carbocycles. The quantitative estimate of drug-likeness (QED) is 0.647. The highest BCUT2D eigenvalue weighted by molar-refractivity contribution is 6.05. The van der Waals surface area contributed by atoms with Crippen molar-refractivity contribution in [2.45, 2.75) is 32.1 Å². The van der Waals surface area contributed by atoms with Crippen molar-refractivity contribution in [1.82, 2.24) is 4.98 Å². The molecule has 4 heteroatoms. The van der Waals surface area contributed by atoms with Crippen LogP contribution in [-0.4, -0.2) is 24.0 Å². The molecule has 2 fully saturated rings. The fourth-order valence-corrected chi connectivity index (χ4v) is 5.00. The van der Waals surface area contributed by atoms with Gasteiger partial charge in [-0.3, -0.25) is 9.78 Å². The lowest BCUT2D eigenvalue weighted by atomic mass is 9.75. The summed E-state index contributed by atoms with van der Waals surface area (Å²) in [5.74, 6) is 1.68. The Hall–Kier alpha value is -2.88. The van der Waals surface area contributed by atoms with Crippen molar-refractivity contribution in [2.75, 3.05) is 23.3 Å². The van der Waals surface area contributed by atoms with Crippen molar-refractivity contribution < 1.29 is 4.79 Å². The van der Waals surface area contributed by atoms with Gasteiger partial charge in [0, 0.05) is 29.7 Å². The number of anilines is 2. The molecule has 4 nitrogen and oxygen atoms in total. The number of hydrogen-bond donors (Lipinski definition) is 1. The molecule has 2 atom stereocenters. The van der Waals surface area contributed by atoms with Crippen molar-refractivity contribution in [3.63, 3.8) is 0 Å². The maximum absolute atomic E-state index is 12.7. The third-order valence-corrected chi connectivity index (χ3v) is 6.63. The van der Waals surface area contributed by atoms with Gasteiger partial charge in [-0.1, -0.05) is 37.5 Å². The lowest BCUT2D eigenvalue weighted by Gasteiger charge is -2.42. The molecule has 2 heterocycles. The van der Waals surface area contributed by atoms with Gasteiger partial charge in [-0.25, -0.2) is 0 Å². The number of nitrogens with zero attached hydrogens (tertiary/aromatic N) is 2. The van der Waals surface area contributed by atoms with Crippen LogP contribution in [0.25, 0.3) is 10.9 Å². The molecule has 1 aliphatic heterocycles. The number of pyridine rings is 1. The normalized spacial score (nSPS) is 21.6. The lowest BCUT2D eigenvalue weighted by Crippen LogP contribution is -2.41. The zero-order valence-electron chi connectivity index (χ0n) is 16.7. The zero-order valence-corrected chi connectivity index (χ0v) is 16.7. The second-order valence-electron chi connectivity index (χ2n) is 8.46. The van der Waals surface area contributed by atoms with Crippen LogP contribution < -0.4 is 10.2 Å². The summed E-state index contributed by atoms with van der Waals surface area (Å²) in [6.07, 6.45) is 8.61. The minimum absolute atomic E-state index is 0.0976. The molecular formula is C25H27N3O. The standard InChI is InChI=1S/C25H27N3O/c29-25(27-22-15-20-6-3-4-8-24(20)26-16-22)19-9-11-23(12-10-19)28-14-13-18-5-1-2-7-21(18)17-28/h3-4,6,8-12,15-16,18,21H,1-2,5,7,13-14,17H2,(H,27,29). The second kappa shape index (κ2) is 7.86. The molecule has 1 aromatic heterocycles. The van der Waals surface area contributed by atoms with E-state index in [2.05, 4.69) is 27.3 Å². The van der Waals surface area contributed by atoms with Gasteiger partial charge in [-0.2, -0.15) is 0 Å². The average molecular weight is 386 g/mol. The average Bonchev–Trinajstić information content (AvgIpc) is 2.79. The predicted octanol–water partition coefficient (Wildman–Crippen LogP) is 5.50. The number of nitrogens with one attached hydrogen (secondary N) is 1. The molecule has 0 radical (unpaired) electrons. The smallest absolute Gasteiger partial charge is 0.255 e. The zero-order chi connectivity index (χ0) is 19.6. The van der Waals surface area contributed by atoms with Crippen molar-refractivity contribution in [3.05, 3.63) is 66.4 Å². The summed E-state index contributed by atoms with van der Waals surface area (Å²) in [5.41, 5.74) is 3.56. The molecule has 0 spiro atoms. The van der Waals surface area contributed by atoms with Crippen LogP contribution >= 0.6 is 0 Å². The highest BCUT2D eigenvalue weighted by atomic mass is 16.1. The Morgan fingerprint density at radius 1 is 0.966 bits per heavy atom. The summed E-state index contributed by atoms with van der Waals surface area (Å²) < 4.78 is 0. The van der Waals surface area contributed by atoms with Crippen molar-refractivity contribution in [2.24, 2.45) is 11.8 Å². The molecule has 1 N–H and O–H groups in total. The summed E-state index contributed by atoms with van der Waals surface area (Å²) in [6.45, 7) is 2.30. The van der Waals surface area contributed by atoms with Gasteiger partial charge in [-0.15, -0.1) is 0 Å². The minimum Gasteiger partial charge on any atom is -0.371 e. The van der Waals surface area contributed by atoms with Crippen LogP contribution in [0.1, 0.15) is 42.5 Å². The lowest BCUT2D eigenvalue weighted by molar-refractivity contribution is 0.102. The highest BCUT2D eigenvalue weighted by Crippen LogP contribution is 2.37. The fraction of sp³-hybridized carbons (Fsp3) is 0.360. The molecule has 1 amide bonds. The first-order chi connectivity index (χ1) is 14.3. The number of rotatable bonds is 3. The molecule has 3 aromatic rings. The van der Waals surface area contributed by atoms with Crippen LogP contribution in [0.5, 0.6) is 0 Å². The number of benzene rings is 2. The molecule has 148 valence electrons. The van der Waals surface area contributed by atoms with Crippen LogP contribution in [0.4, 0.5) is 11.4 Å². The number of piperidine rings is 1. The minimum atomic E-state index is -0.0976. The molecular weight excluding hydrogens is 358 g/mol. The van der Waals surface area contributed by atoms with E-state index in [0.717, 1.165) is 35.0 Å². The maximum atomic E-state index is 12.7. The van der Waals surface area contributed by atoms with Gasteiger partial charge in [0.15, 0.2) is 0 Å². The van der Waals surface area contributed by atoms with E-state index in [4.69, 9.17) is 0 Å². The van der Waals surface area contributed by atoms with E-state index in [1.165, 1.54) is 44.3 Å². The van der Waals surface area contributed by atoms with Crippen LogP contribution in [0, 0.1) is 11.8 Å². The number of para-hydroxylation sites is 1. The fourth-order valence-electron chi connectivity index (χ4n) is 5.00. The van der Waals surface area contributed by atoms with Crippen molar-refractivity contribution >= 4 is 28.2 Å². The summed E-state index contributed by atoms with van der Waals surface area (Å²) in [7, 11) is 0. The van der Waals surface area contributed by atoms with Gasteiger partial charge in [0.05, 0.1) is 17.4 Å². The van der Waals surface area contributed by atoms with Crippen molar-refractivity contribution in [3.8, 4) is 0 Å². The largest absolute Gasteiger partial charge is 0.371 e. The Labute approximate surface area is 171 Å². The summed E-state index contributed by atoms with van der Waals surface area (Å²) >= 11 is 0. The Morgan fingerprint density at radius 2 is 1.76 bits per heavy atom. The number of carbonyl (C=O) groups excluding carboxylic acids is 1. The molecule has 2 aliphatic rings. The molecule has 1 aliphatic carbocycles. The number of carbonyl (C=O) groups is 1. The van der Waals surface area contributed by atoms with E-state index in [9.17, 15) is 4.79 Å². The van der Waals surface area contributed by atoms with E-state index in [0.29, 0.717) is 5.56 Å². The van der Waals surface area contributed by atoms with Gasteiger partial charge in [0.2, 0.25) is 0 Å². The topological polar surface area (TPSA) is 45.2 Å².